The fourth-order valence-corrected chi connectivity index (χ4v) is 2.39. The van der Waals surface area contributed by atoms with Crippen LogP contribution in [-0.4, -0.2) is 0 Å². The SMILES string of the molecule is CC(C)Cc1csc(Cl)c1CN. The van der Waals surface area contributed by atoms with Crippen LogP contribution in [0.1, 0.15) is 25.0 Å². The fourth-order valence-electron chi connectivity index (χ4n) is 1.21. The van der Waals surface area contributed by atoms with Crippen LogP contribution in [0.4, 0.5) is 0 Å². The zero-order valence-corrected chi connectivity index (χ0v) is 9.00. The van der Waals surface area contributed by atoms with Crippen LogP contribution in [0.15, 0.2) is 5.38 Å². The number of rotatable bonds is 3. The lowest BCUT2D eigenvalue weighted by Gasteiger charge is -2.04. The summed E-state index contributed by atoms with van der Waals surface area (Å²) in [6.07, 6.45) is 1.08. The first kappa shape index (κ1) is 10.0. The highest BCUT2D eigenvalue weighted by molar-refractivity contribution is 7.14. The Bertz CT molecular complexity index is 255. The van der Waals surface area contributed by atoms with Crippen LogP contribution < -0.4 is 5.73 Å². The molecule has 0 atom stereocenters. The summed E-state index contributed by atoms with van der Waals surface area (Å²) >= 11 is 7.55. The lowest BCUT2D eigenvalue weighted by atomic mass is 10.0. The average Bonchev–Trinajstić information content (AvgIpc) is 2.30. The third-order valence-corrected chi connectivity index (χ3v) is 3.11. The van der Waals surface area contributed by atoms with Gasteiger partial charge in [-0.05, 0) is 28.8 Å². The van der Waals surface area contributed by atoms with E-state index in [0.717, 1.165) is 16.3 Å². The Morgan fingerprint density at radius 1 is 1.58 bits per heavy atom. The van der Waals surface area contributed by atoms with Crippen LogP contribution in [-0.2, 0) is 13.0 Å². The van der Waals surface area contributed by atoms with Gasteiger partial charge >= 0.3 is 0 Å². The van der Waals surface area contributed by atoms with Gasteiger partial charge in [-0.1, -0.05) is 25.4 Å². The van der Waals surface area contributed by atoms with Gasteiger partial charge in [0.25, 0.3) is 0 Å². The second-order valence-corrected chi connectivity index (χ2v) is 4.80. The molecule has 0 amide bonds. The Labute approximate surface area is 82.5 Å². The van der Waals surface area contributed by atoms with Crippen LogP contribution in [0.3, 0.4) is 0 Å². The summed E-state index contributed by atoms with van der Waals surface area (Å²) in [6.45, 7) is 4.96. The third kappa shape index (κ3) is 2.22. The van der Waals surface area contributed by atoms with Gasteiger partial charge in [0.1, 0.15) is 0 Å². The number of hydrogen-bond acceptors (Lipinski definition) is 2. The van der Waals surface area contributed by atoms with Crippen molar-refractivity contribution in [1.82, 2.24) is 0 Å². The number of nitrogens with two attached hydrogens (primary N) is 1. The molecule has 1 rings (SSSR count). The quantitative estimate of drug-likeness (QED) is 0.803. The maximum atomic E-state index is 5.97. The molecule has 1 aromatic heterocycles. The molecule has 68 valence electrons. The van der Waals surface area contributed by atoms with E-state index in [4.69, 9.17) is 17.3 Å². The molecule has 1 nitrogen and oxygen atoms in total. The Morgan fingerprint density at radius 2 is 2.25 bits per heavy atom. The second kappa shape index (κ2) is 4.26. The minimum atomic E-state index is 0.560. The minimum absolute atomic E-state index is 0.560. The highest BCUT2D eigenvalue weighted by Crippen LogP contribution is 2.28. The Hall–Kier alpha value is -0.0500. The second-order valence-electron chi connectivity index (χ2n) is 3.32. The molecule has 0 spiro atoms. The van der Waals surface area contributed by atoms with Crippen LogP contribution in [0.2, 0.25) is 4.34 Å². The van der Waals surface area contributed by atoms with E-state index in [2.05, 4.69) is 19.2 Å². The number of thiophene rings is 1. The van der Waals surface area contributed by atoms with E-state index in [-0.39, 0.29) is 0 Å². The highest BCUT2D eigenvalue weighted by atomic mass is 35.5. The van der Waals surface area contributed by atoms with Crippen molar-refractivity contribution in [2.45, 2.75) is 26.8 Å². The largest absolute Gasteiger partial charge is 0.326 e. The van der Waals surface area contributed by atoms with Gasteiger partial charge in [-0.25, -0.2) is 0 Å². The van der Waals surface area contributed by atoms with Crippen LogP contribution in [0.5, 0.6) is 0 Å². The van der Waals surface area contributed by atoms with Gasteiger partial charge in [-0.2, -0.15) is 0 Å². The summed E-state index contributed by atoms with van der Waals surface area (Å²) in [4.78, 5) is 0. The Balaban J connectivity index is 2.84. The summed E-state index contributed by atoms with van der Waals surface area (Å²) in [7, 11) is 0. The summed E-state index contributed by atoms with van der Waals surface area (Å²) in [6, 6.07) is 0. The van der Waals surface area contributed by atoms with Crippen LogP contribution in [0.25, 0.3) is 0 Å². The summed E-state index contributed by atoms with van der Waals surface area (Å²) < 4.78 is 0.855. The van der Waals surface area contributed by atoms with E-state index in [0.29, 0.717) is 12.5 Å². The lowest BCUT2D eigenvalue weighted by Crippen LogP contribution is -2.01. The summed E-state index contributed by atoms with van der Waals surface area (Å²) in [5.74, 6) is 0.668. The van der Waals surface area contributed by atoms with Gasteiger partial charge in [0.2, 0.25) is 0 Å². The predicted molar refractivity (Wildman–Crippen MR) is 55.8 cm³/mol. The summed E-state index contributed by atoms with van der Waals surface area (Å²) in [5, 5.41) is 2.12. The van der Waals surface area contributed by atoms with Crippen molar-refractivity contribution in [3.63, 3.8) is 0 Å². The fraction of sp³-hybridized carbons (Fsp3) is 0.556. The molecule has 0 saturated heterocycles. The van der Waals surface area contributed by atoms with Gasteiger partial charge in [-0.3, -0.25) is 0 Å². The molecular formula is C9H14ClNS. The molecule has 0 aliphatic carbocycles. The molecule has 0 saturated carbocycles. The van der Waals surface area contributed by atoms with Gasteiger partial charge in [0.15, 0.2) is 0 Å². The van der Waals surface area contributed by atoms with E-state index in [1.807, 2.05) is 0 Å². The van der Waals surface area contributed by atoms with Gasteiger partial charge in [-0.15, -0.1) is 11.3 Å². The minimum Gasteiger partial charge on any atom is -0.326 e. The number of halogens is 1. The van der Waals surface area contributed by atoms with E-state index < -0.39 is 0 Å². The molecule has 1 heterocycles. The molecule has 3 heteroatoms. The molecule has 0 aromatic carbocycles. The predicted octanol–water partition coefficient (Wildman–Crippen LogP) is 3.06. The molecule has 0 unspecified atom stereocenters. The first-order valence-corrected chi connectivity index (χ1v) is 5.35. The first-order chi connectivity index (χ1) is 5.65. The van der Waals surface area contributed by atoms with Crippen molar-refractivity contribution in [2.24, 2.45) is 11.7 Å². The molecule has 0 radical (unpaired) electrons. The normalized spacial score (nSPS) is 11.1. The molecule has 0 fully saturated rings. The smallest absolute Gasteiger partial charge is 0.0976 e. The lowest BCUT2D eigenvalue weighted by molar-refractivity contribution is 0.644. The number of hydrogen-bond donors (Lipinski definition) is 1. The van der Waals surface area contributed by atoms with Crippen LogP contribution in [0, 0.1) is 5.92 Å². The zero-order chi connectivity index (χ0) is 9.14. The maximum absolute atomic E-state index is 5.97. The highest BCUT2D eigenvalue weighted by Gasteiger charge is 2.09. The van der Waals surface area contributed by atoms with Crippen molar-refractivity contribution in [2.75, 3.05) is 0 Å². The van der Waals surface area contributed by atoms with Crippen molar-refractivity contribution in [1.29, 1.82) is 0 Å². The third-order valence-electron chi connectivity index (χ3n) is 1.76. The molecular weight excluding hydrogens is 190 g/mol. The first-order valence-electron chi connectivity index (χ1n) is 4.10. The van der Waals surface area contributed by atoms with E-state index >= 15 is 0 Å². The zero-order valence-electron chi connectivity index (χ0n) is 7.43. The monoisotopic (exact) mass is 203 g/mol. The standard InChI is InChI=1S/C9H14ClNS/c1-6(2)3-7-5-12-9(10)8(7)4-11/h5-6H,3-4,11H2,1-2H3. The van der Waals surface area contributed by atoms with Crippen molar-refractivity contribution < 1.29 is 0 Å². The van der Waals surface area contributed by atoms with Crippen molar-refractivity contribution in [3.8, 4) is 0 Å². The average molecular weight is 204 g/mol. The molecule has 0 aliphatic heterocycles. The summed E-state index contributed by atoms with van der Waals surface area (Å²) in [5.41, 5.74) is 8.05. The Kier molecular flexibility index (Phi) is 3.56. The molecule has 0 aliphatic rings. The van der Waals surface area contributed by atoms with E-state index in [1.165, 1.54) is 5.56 Å². The van der Waals surface area contributed by atoms with Crippen molar-refractivity contribution in [3.05, 3.63) is 20.8 Å². The van der Waals surface area contributed by atoms with E-state index in [1.54, 1.807) is 11.3 Å². The topological polar surface area (TPSA) is 26.0 Å². The van der Waals surface area contributed by atoms with Gasteiger partial charge in [0, 0.05) is 6.54 Å². The molecule has 12 heavy (non-hydrogen) atoms. The van der Waals surface area contributed by atoms with Gasteiger partial charge in [0.05, 0.1) is 4.34 Å². The van der Waals surface area contributed by atoms with Crippen LogP contribution >= 0.6 is 22.9 Å². The van der Waals surface area contributed by atoms with E-state index in [9.17, 15) is 0 Å². The molecule has 1 aromatic rings. The van der Waals surface area contributed by atoms with Crippen molar-refractivity contribution >= 4 is 22.9 Å². The maximum Gasteiger partial charge on any atom is 0.0976 e. The molecule has 2 N–H and O–H groups in total. The molecule has 0 bridgehead atoms. The Morgan fingerprint density at radius 3 is 2.75 bits per heavy atom. The van der Waals surface area contributed by atoms with Gasteiger partial charge < -0.3 is 5.73 Å².